The van der Waals surface area contributed by atoms with Crippen LogP contribution >= 0.6 is 23.4 Å². The number of nitrogens with one attached hydrogen (secondary N) is 1. The molecule has 4 rings (SSSR count). The molecule has 0 spiro atoms. The van der Waals surface area contributed by atoms with E-state index in [0.717, 1.165) is 17.0 Å². The zero-order valence-electron chi connectivity index (χ0n) is 19.2. The SMILES string of the molecule is COc1ccc(-c2nnc(SCC(=O)c3[nH]c(C)c(C(C)=O)c3C)n2-c2ccc(Cl)cc2)cc1. The second kappa shape index (κ2) is 9.87. The van der Waals surface area contributed by atoms with E-state index >= 15 is 0 Å². The number of carbonyl (C=O) groups is 2. The molecule has 4 aromatic rings. The average molecular weight is 495 g/mol. The van der Waals surface area contributed by atoms with Crippen LogP contribution in [0.3, 0.4) is 0 Å². The molecule has 0 bridgehead atoms. The van der Waals surface area contributed by atoms with Gasteiger partial charge in [-0.2, -0.15) is 0 Å². The van der Waals surface area contributed by atoms with Crippen LogP contribution in [0.25, 0.3) is 17.1 Å². The molecular formula is C25H23ClN4O3S. The van der Waals surface area contributed by atoms with E-state index in [1.807, 2.05) is 41.0 Å². The largest absolute Gasteiger partial charge is 0.497 e. The van der Waals surface area contributed by atoms with E-state index in [4.69, 9.17) is 16.3 Å². The molecule has 34 heavy (non-hydrogen) atoms. The fourth-order valence-electron chi connectivity index (χ4n) is 3.87. The van der Waals surface area contributed by atoms with Gasteiger partial charge in [0.25, 0.3) is 0 Å². The van der Waals surface area contributed by atoms with Crippen LogP contribution in [-0.4, -0.2) is 44.2 Å². The third-order valence-electron chi connectivity index (χ3n) is 5.47. The molecule has 0 saturated heterocycles. The number of nitrogens with zero attached hydrogens (tertiary/aromatic N) is 3. The maximum Gasteiger partial charge on any atom is 0.196 e. The lowest BCUT2D eigenvalue weighted by molar-refractivity contribution is 0.101. The summed E-state index contributed by atoms with van der Waals surface area (Å²) in [5.41, 5.74) is 4.06. The molecule has 0 fully saturated rings. The molecule has 1 N–H and O–H groups in total. The summed E-state index contributed by atoms with van der Waals surface area (Å²) < 4.78 is 7.15. The molecule has 0 saturated carbocycles. The van der Waals surface area contributed by atoms with Gasteiger partial charge in [0.05, 0.1) is 18.6 Å². The first-order valence-electron chi connectivity index (χ1n) is 10.5. The van der Waals surface area contributed by atoms with Gasteiger partial charge in [-0.25, -0.2) is 0 Å². The van der Waals surface area contributed by atoms with Crippen molar-refractivity contribution in [1.82, 2.24) is 19.7 Å². The second-order valence-corrected chi connectivity index (χ2v) is 9.12. The highest BCUT2D eigenvalue weighted by Gasteiger charge is 2.22. The van der Waals surface area contributed by atoms with Gasteiger partial charge in [0, 0.05) is 27.5 Å². The number of H-pyrrole nitrogens is 1. The molecular weight excluding hydrogens is 472 g/mol. The topological polar surface area (TPSA) is 89.9 Å². The first kappa shape index (κ1) is 23.8. The predicted molar refractivity (Wildman–Crippen MR) is 134 cm³/mol. The number of carbonyl (C=O) groups excluding carboxylic acids is 2. The number of Topliss-reactive ketones (excluding diaryl/α,β-unsaturated/α-hetero) is 2. The molecule has 0 aliphatic heterocycles. The molecule has 0 aliphatic rings. The highest BCUT2D eigenvalue weighted by Crippen LogP contribution is 2.30. The van der Waals surface area contributed by atoms with E-state index in [-0.39, 0.29) is 17.3 Å². The summed E-state index contributed by atoms with van der Waals surface area (Å²) >= 11 is 7.38. The highest BCUT2D eigenvalue weighted by atomic mass is 35.5. The average Bonchev–Trinajstić information content (AvgIpc) is 3.38. The van der Waals surface area contributed by atoms with Gasteiger partial charge in [0.15, 0.2) is 22.5 Å². The van der Waals surface area contributed by atoms with Crippen LogP contribution in [0.2, 0.25) is 5.02 Å². The molecule has 0 unspecified atom stereocenters. The van der Waals surface area contributed by atoms with Crippen molar-refractivity contribution < 1.29 is 14.3 Å². The molecule has 0 aliphatic carbocycles. The van der Waals surface area contributed by atoms with E-state index in [1.165, 1.54) is 18.7 Å². The molecule has 7 nitrogen and oxygen atoms in total. The van der Waals surface area contributed by atoms with Gasteiger partial charge in [0.2, 0.25) is 0 Å². The number of ketones is 2. The number of aryl methyl sites for hydroxylation is 1. The van der Waals surface area contributed by atoms with E-state index in [0.29, 0.717) is 38.5 Å². The number of aromatic nitrogens is 4. The minimum atomic E-state index is -0.116. The highest BCUT2D eigenvalue weighted by molar-refractivity contribution is 7.99. The van der Waals surface area contributed by atoms with Crippen LogP contribution in [0.15, 0.2) is 53.7 Å². The Morgan fingerprint density at radius 1 is 1.06 bits per heavy atom. The summed E-state index contributed by atoms with van der Waals surface area (Å²) in [6.45, 7) is 5.09. The first-order chi connectivity index (χ1) is 16.3. The first-order valence-corrected chi connectivity index (χ1v) is 11.9. The van der Waals surface area contributed by atoms with Gasteiger partial charge in [-0.05, 0) is 74.9 Å². The number of halogens is 1. The Balaban J connectivity index is 1.67. The zero-order valence-corrected chi connectivity index (χ0v) is 20.8. The third-order valence-corrected chi connectivity index (χ3v) is 6.65. The number of hydrogen-bond donors (Lipinski definition) is 1. The van der Waals surface area contributed by atoms with E-state index in [2.05, 4.69) is 15.2 Å². The molecule has 9 heteroatoms. The lowest BCUT2D eigenvalue weighted by atomic mass is 10.1. The minimum Gasteiger partial charge on any atom is -0.497 e. The molecule has 2 aromatic heterocycles. The maximum absolute atomic E-state index is 13.0. The van der Waals surface area contributed by atoms with Gasteiger partial charge >= 0.3 is 0 Å². The Morgan fingerprint density at radius 2 is 1.74 bits per heavy atom. The molecule has 0 radical (unpaired) electrons. The number of thioether (sulfide) groups is 1. The van der Waals surface area contributed by atoms with Crippen LogP contribution < -0.4 is 4.74 Å². The molecule has 2 aromatic carbocycles. The Kier molecular flexibility index (Phi) is 6.90. The normalized spacial score (nSPS) is 11.0. The predicted octanol–water partition coefficient (Wildman–Crippen LogP) is 5.72. The maximum atomic E-state index is 13.0. The quantitative estimate of drug-likeness (QED) is 0.249. The monoisotopic (exact) mass is 494 g/mol. The molecule has 0 amide bonds. The standard InChI is InChI=1S/C25H23ClN4O3S/c1-14-22(16(3)31)15(2)27-23(14)21(32)13-34-25-29-28-24(17-5-11-20(33-4)12-6-17)30(25)19-9-7-18(26)8-10-19/h5-12,27H,13H2,1-4H3. The van der Waals surface area contributed by atoms with Crippen molar-refractivity contribution in [3.63, 3.8) is 0 Å². The summed E-state index contributed by atoms with van der Waals surface area (Å²) in [5.74, 6) is 1.32. The Bertz CT molecular complexity index is 1360. The minimum absolute atomic E-state index is 0.0652. The summed E-state index contributed by atoms with van der Waals surface area (Å²) in [6.07, 6.45) is 0. The van der Waals surface area contributed by atoms with Crippen molar-refractivity contribution in [2.24, 2.45) is 0 Å². The van der Waals surface area contributed by atoms with Crippen LogP contribution in [0.1, 0.15) is 39.0 Å². The molecule has 0 atom stereocenters. The van der Waals surface area contributed by atoms with Crippen LogP contribution in [0, 0.1) is 13.8 Å². The molecule has 174 valence electrons. The number of rotatable bonds is 8. The third kappa shape index (κ3) is 4.64. The van der Waals surface area contributed by atoms with Crippen molar-refractivity contribution in [1.29, 1.82) is 0 Å². The van der Waals surface area contributed by atoms with Gasteiger partial charge in [-0.3, -0.25) is 14.2 Å². The van der Waals surface area contributed by atoms with Crippen molar-refractivity contribution >= 4 is 34.9 Å². The van der Waals surface area contributed by atoms with Crippen molar-refractivity contribution in [3.05, 3.63) is 76.1 Å². The number of aromatic amines is 1. The fourth-order valence-corrected chi connectivity index (χ4v) is 4.82. The van der Waals surface area contributed by atoms with Gasteiger partial charge in [-0.15, -0.1) is 10.2 Å². The van der Waals surface area contributed by atoms with Crippen LogP contribution in [-0.2, 0) is 0 Å². The summed E-state index contributed by atoms with van der Waals surface area (Å²) in [4.78, 5) is 28.0. The number of benzene rings is 2. The summed E-state index contributed by atoms with van der Waals surface area (Å²) in [6, 6.07) is 14.9. The van der Waals surface area contributed by atoms with Crippen LogP contribution in [0.5, 0.6) is 5.75 Å². The van der Waals surface area contributed by atoms with E-state index in [1.54, 1.807) is 33.1 Å². The molecule has 2 heterocycles. The Morgan fingerprint density at radius 3 is 2.32 bits per heavy atom. The van der Waals surface area contributed by atoms with Gasteiger partial charge < -0.3 is 9.72 Å². The second-order valence-electron chi connectivity index (χ2n) is 7.74. The van der Waals surface area contributed by atoms with E-state index < -0.39 is 0 Å². The van der Waals surface area contributed by atoms with Crippen molar-refractivity contribution in [2.45, 2.75) is 25.9 Å². The lowest BCUT2D eigenvalue weighted by Crippen LogP contribution is -2.07. The number of methoxy groups -OCH3 is 1. The summed E-state index contributed by atoms with van der Waals surface area (Å²) in [7, 11) is 1.61. The smallest absolute Gasteiger partial charge is 0.196 e. The van der Waals surface area contributed by atoms with Gasteiger partial charge in [-0.1, -0.05) is 23.4 Å². The van der Waals surface area contributed by atoms with Crippen molar-refractivity contribution in [2.75, 3.05) is 12.9 Å². The summed E-state index contributed by atoms with van der Waals surface area (Å²) in [5, 5.41) is 9.95. The fraction of sp³-hybridized carbons (Fsp3) is 0.200. The van der Waals surface area contributed by atoms with Gasteiger partial charge in [0.1, 0.15) is 5.75 Å². The Hall–Kier alpha value is -3.36. The Labute approximate surface area is 206 Å². The van der Waals surface area contributed by atoms with E-state index in [9.17, 15) is 9.59 Å². The van der Waals surface area contributed by atoms with Crippen molar-refractivity contribution in [3.8, 4) is 22.8 Å². The zero-order chi connectivity index (χ0) is 24.4. The lowest BCUT2D eigenvalue weighted by Gasteiger charge is -2.11. The number of hydrogen-bond acceptors (Lipinski definition) is 6. The van der Waals surface area contributed by atoms with Crippen LogP contribution in [0.4, 0.5) is 0 Å². The number of ether oxygens (including phenoxy) is 1.